The SMILES string of the molecule is CC(=O)Nc1ccc(NCC2CCC2)cc1. The Morgan fingerprint density at radius 2 is 1.88 bits per heavy atom. The molecular formula is C13H18N2O. The second-order valence-corrected chi connectivity index (χ2v) is 4.44. The average molecular weight is 218 g/mol. The molecular weight excluding hydrogens is 200 g/mol. The maximum atomic E-state index is 10.8. The van der Waals surface area contributed by atoms with Gasteiger partial charge < -0.3 is 10.6 Å². The third-order valence-electron chi connectivity index (χ3n) is 3.02. The predicted octanol–water partition coefficient (Wildman–Crippen LogP) is 2.86. The molecule has 1 aliphatic carbocycles. The van der Waals surface area contributed by atoms with Crippen molar-refractivity contribution in [2.45, 2.75) is 26.2 Å². The highest BCUT2D eigenvalue weighted by atomic mass is 16.1. The monoisotopic (exact) mass is 218 g/mol. The van der Waals surface area contributed by atoms with Crippen LogP contribution in [-0.2, 0) is 4.79 Å². The maximum Gasteiger partial charge on any atom is 0.221 e. The Bertz CT molecular complexity index is 355. The Hall–Kier alpha value is -1.51. The van der Waals surface area contributed by atoms with Crippen molar-refractivity contribution in [3.63, 3.8) is 0 Å². The molecule has 0 spiro atoms. The Labute approximate surface area is 96.2 Å². The molecule has 0 aromatic heterocycles. The number of carbonyl (C=O) groups is 1. The van der Waals surface area contributed by atoms with Crippen LogP contribution in [0.15, 0.2) is 24.3 Å². The van der Waals surface area contributed by atoms with E-state index in [1.54, 1.807) is 0 Å². The van der Waals surface area contributed by atoms with E-state index in [4.69, 9.17) is 0 Å². The Balaban J connectivity index is 1.83. The minimum absolute atomic E-state index is 0.0322. The van der Waals surface area contributed by atoms with Crippen LogP contribution in [-0.4, -0.2) is 12.5 Å². The molecule has 1 amide bonds. The molecule has 1 aromatic rings. The number of rotatable bonds is 4. The molecule has 3 nitrogen and oxygen atoms in total. The standard InChI is InChI=1S/C13H18N2O/c1-10(16)15-13-7-5-12(6-8-13)14-9-11-3-2-4-11/h5-8,11,14H,2-4,9H2,1H3,(H,15,16). The molecule has 0 aliphatic heterocycles. The van der Waals surface area contributed by atoms with E-state index in [0.717, 1.165) is 23.8 Å². The van der Waals surface area contributed by atoms with Crippen molar-refractivity contribution in [3.05, 3.63) is 24.3 Å². The fraction of sp³-hybridized carbons (Fsp3) is 0.462. The number of nitrogens with one attached hydrogen (secondary N) is 2. The lowest BCUT2D eigenvalue weighted by Crippen LogP contribution is -2.20. The summed E-state index contributed by atoms with van der Waals surface area (Å²) in [5, 5.41) is 6.17. The highest BCUT2D eigenvalue weighted by molar-refractivity contribution is 5.88. The van der Waals surface area contributed by atoms with Crippen LogP contribution >= 0.6 is 0 Å². The van der Waals surface area contributed by atoms with Gasteiger partial charge in [-0.3, -0.25) is 4.79 Å². The fourth-order valence-corrected chi connectivity index (χ4v) is 1.83. The van der Waals surface area contributed by atoms with Gasteiger partial charge in [-0.15, -0.1) is 0 Å². The zero-order valence-electron chi connectivity index (χ0n) is 9.62. The summed E-state index contributed by atoms with van der Waals surface area (Å²) >= 11 is 0. The molecule has 0 unspecified atom stereocenters. The lowest BCUT2D eigenvalue weighted by atomic mass is 9.85. The molecule has 0 heterocycles. The van der Waals surface area contributed by atoms with Gasteiger partial charge in [0.05, 0.1) is 0 Å². The summed E-state index contributed by atoms with van der Waals surface area (Å²) in [5.74, 6) is 0.824. The van der Waals surface area contributed by atoms with Gasteiger partial charge in [0.15, 0.2) is 0 Å². The first-order valence-electron chi connectivity index (χ1n) is 5.85. The van der Waals surface area contributed by atoms with Gasteiger partial charge in [0.2, 0.25) is 5.91 Å². The first-order valence-corrected chi connectivity index (χ1v) is 5.85. The first-order chi connectivity index (χ1) is 7.74. The minimum atomic E-state index is -0.0322. The lowest BCUT2D eigenvalue weighted by molar-refractivity contribution is -0.114. The minimum Gasteiger partial charge on any atom is -0.385 e. The average Bonchev–Trinajstić information content (AvgIpc) is 2.17. The zero-order chi connectivity index (χ0) is 11.4. The van der Waals surface area contributed by atoms with Gasteiger partial charge in [-0.05, 0) is 43.0 Å². The second-order valence-electron chi connectivity index (χ2n) is 4.44. The van der Waals surface area contributed by atoms with Gasteiger partial charge in [-0.25, -0.2) is 0 Å². The van der Waals surface area contributed by atoms with Crippen molar-refractivity contribution in [2.75, 3.05) is 17.2 Å². The van der Waals surface area contributed by atoms with Crippen molar-refractivity contribution in [1.29, 1.82) is 0 Å². The molecule has 3 heteroatoms. The van der Waals surface area contributed by atoms with Crippen LogP contribution in [0.4, 0.5) is 11.4 Å². The molecule has 0 bridgehead atoms. The van der Waals surface area contributed by atoms with E-state index in [2.05, 4.69) is 10.6 Å². The normalized spacial score (nSPS) is 15.3. The quantitative estimate of drug-likeness (QED) is 0.816. The van der Waals surface area contributed by atoms with Crippen LogP contribution < -0.4 is 10.6 Å². The van der Waals surface area contributed by atoms with Gasteiger partial charge in [0.1, 0.15) is 0 Å². The van der Waals surface area contributed by atoms with Gasteiger partial charge in [-0.1, -0.05) is 6.42 Å². The third kappa shape index (κ3) is 2.99. The smallest absolute Gasteiger partial charge is 0.221 e. The van der Waals surface area contributed by atoms with Crippen molar-refractivity contribution in [1.82, 2.24) is 0 Å². The van der Waals surface area contributed by atoms with Crippen molar-refractivity contribution in [2.24, 2.45) is 5.92 Å². The largest absolute Gasteiger partial charge is 0.385 e. The maximum absolute atomic E-state index is 10.8. The fourth-order valence-electron chi connectivity index (χ4n) is 1.83. The van der Waals surface area contributed by atoms with E-state index in [0.29, 0.717) is 0 Å². The summed E-state index contributed by atoms with van der Waals surface area (Å²) in [4.78, 5) is 10.8. The Morgan fingerprint density at radius 1 is 1.25 bits per heavy atom. The van der Waals surface area contributed by atoms with Gasteiger partial charge in [0, 0.05) is 24.8 Å². The van der Waals surface area contributed by atoms with E-state index in [1.165, 1.54) is 26.2 Å². The highest BCUT2D eigenvalue weighted by Crippen LogP contribution is 2.26. The molecule has 86 valence electrons. The Kier molecular flexibility index (Phi) is 3.44. The van der Waals surface area contributed by atoms with Crippen LogP contribution in [0.5, 0.6) is 0 Å². The Morgan fingerprint density at radius 3 is 2.38 bits per heavy atom. The van der Waals surface area contributed by atoms with E-state index < -0.39 is 0 Å². The summed E-state index contributed by atoms with van der Waals surface area (Å²) in [5.41, 5.74) is 1.97. The number of hydrogen-bond acceptors (Lipinski definition) is 2. The molecule has 1 fully saturated rings. The van der Waals surface area contributed by atoms with Gasteiger partial charge >= 0.3 is 0 Å². The van der Waals surface area contributed by atoms with Crippen LogP contribution in [0.2, 0.25) is 0 Å². The summed E-state index contributed by atoms with van der Waals surface area (Å²) in [6.45, 7) is 2.59. The molecule has 1 aromatic carbocycles. The van der Waals surface area contributed by atoms with Crippen molar-refractivity contribution < 1.29 is 4.79 Å². The molecule has 0 radical (unpaired) electrons. The van der Waals surface area contributed by atoms with Crippen LogP contribution in [0, 0.1) is 5.92 Å². The molecule has 1 aliphatic rings. The summed E-state index contributed by atoms with van der Waals surface area (Å²) in [6.07, 6.45) is 4.10. The predicted molar refractivity (Wildman–Crippen MR) is 66.6 cm³/mol. The molecule has 2 rings (SSSR count). The zero-order valence-corrected chi connectivity index (χ0v) is 9.62. The summed E-state index contributed by atoms with van der Waals surface area (Å²) < 4.78 is 0. The van der Waals surface area contributed by atoms with E-state index >= 15 is 0 Å². The number of benzene rings is 1. The highest BCUT2D eigenvalue weighted by Gasteiger charge is 2.16. The number of carbonyl (C=O) groups excluding carboxylic acids is 1. The van der Waals surface area contributed by atoms with Crippen molar-refractivity contribution >= 4 is 17.3 Å². The molecule has 1 saturated carbocycles. The number of anilines is 2. The lowest BCUT2D eigenvalue weighted by Gasteiger charge is -2.25. The van der Waals surface area contributed by atoms with E-state index in [9.17, 15) is 4.79 Å². The summed E-state index contributed by atoms with van der Waals surface area (Å²) in [6, 6.07) is 7.85. The van der Waals surface area contributed by atoms with E-state index in [1.807, 2.05) is 24.3 Å². The van der Waals surface area contributed by atoms with E-state index in [-0.39, 0.29) is 5.91 Å². The topological polar surface area (TPSA) is 41.1 Å². The van der Waals surface area contributed by atoms with Gasteiger partial charge in [-0.2, -0.15) is 0 Å². The molecule has 16 heavy (non-hydrogen) atoms. The number of amides is 1. The second kappa shape index (κ2) is 5.01. The first kappa shape index (κ1) is 11.0. The molecule has 0 atom stereocenters. The van der Waals surface area contributed by atoms with Crippen LogP contribution in [0.1, 0.15) is 26.2 Å². The van der Waals surface area contributed by atoms with Crippen molar-refractivity contribution in [3.8, 4) is 0 Å². The molecule has 2 N–H and O–H groups in total. The van der Waals surface area contributed by atoms with Crippen LogP contribution in [0.25, 0.3) is 0 Å². The molecule has 0 saturated heterocycles. The number of hydrogen-bond donors (Lipinski definition) is 2. The third-order valence-corrected chi connectivity index (χ3v) is 3.02. The van der Waals surface area contributed by atoms with Crippen LogP contribution in [0.3, 0.4) is 0 Å². The van der Waals surface area contributed by atoms with Gasteiger partial charge in [0.25, 0.3) is 0 Å². The summed E-state index contributed by atoms with van der Waals surface area (Å²) in [7, 11) is 0.